The zero-order chi connectivity index (χ0) is 10.2. The van der Waals surface area contributed by atoms with Crippen LogP contribution in [0.5, 0.6) is 0 Å². The van der Waals surface area contributed by atoms with Gasteiger partial charge in [-0.2, -0.15) is 0 Å². The Morgan fingerprint density at radius 2 is 2.14 bits per heavy atom. The molecule has 1 rings (SSSR count). The van der Waals surface area contributed by atoms with E-state index >= 15 is 0 Å². The first-order chi connectivity index (χ1) is 6.84. The molecule has 3 heteroatoms. The van der Waals surface area contributed by atoms with Crippen LogP contribution in [-0.4, -0.2) is 11.7 Å². The van der Waals surface area contributed by atoms with Gasteiger partial charge >= 0.3 is 5.97 Å². The highest BCUT2D eigenvalue weighted by Crippen LogP contribution is 2.04. The van der Waals surface area contributed by atoms with Gasteiger partial charge in [0, 0.05) is 5.41 Å². The van der Waals surface area contributed by atoms with Crippen molar-refractivity contribution < 1.29 is 9.53 Å². The van der Waals surface area contributed by atoms with Gasteiger partial charge in [-0.3, -0.25) is 0 Å². The van der Waals surface area contributed by atoms with E-state index in [4.69, 9.17) is 4.74 Å². The maximum atomic E-state index is 11.3. The summed E-state index contributed by atoms with van der Waals surface area (Å²) in [6.45, 7) is 2.04. The number of carbonyl (C=O) groups is 1. The molecule has 0 N–H and O–H groups in total. The predicted octanol–water partition coefficient (Wildman–Crippen LogP) is 3.07. The Labute approximate surface area is 88.0 Å². The summed E-state index contributed by atoms with van der Waals surface area (Å²) in [5.74, 6) is 0.651. The lowest BCUT2D eigenvalue weighted by atomic mass is 10.2. The molecular formula is C11H12O2S. The fraction of sp³-hybridized carbons (Fsp3) is 0.182. The number of esters is 1. The molecule has 14 heavy (non-hydrogen) atoms. The second kappa shape index (κ2) is 6.27. The number of carbonyl (C=O) groups excluding carboxylic acids is 1. The van der Waals surface area contributed by atoms with E-state index in [1.165, 1.54) is 6.26 Å². The van der Waals surface area contributed by atoms with E-state index in [9.17, 15) is 4.79 Å². The average molecular weight is 208 g/mol. The number of benzene rings is 1. The summed E-state index contributed by atoms with van der Waals surface area (Å²) in [4.78, 5) is 11.3. The van der Waals surface area contributed by atoms with Crippen molar-refractivity contribution in [1.29, 1.82) is 0 Å². The van der Waals surface area contributed by atoms with E-state index in [2.05, 4.69) is 0 Å². The van der Waals surface area contributed by atoms with Crippen molar-refractivity contribution >= 4 is 17.7 Å². The molecule has 0 saturated carbocycles. The maximum absolute atomic E-state index is 11.3. The van der Waals surface area contributed by atoms with Gasteiger partial charge in [0.2, 0.25) is 0 Å². The summed E-state index contributed by atoms with van der Waals surface area (Å²) < 4.78 is 4.89. The number of rotatable bonds is 4. The van der Waals surface area contributed by atoms with E-state index in [0.29, 0.717) is 5.56 Å². The Kier molecular flexibility index (Phi) is 4.86. The molecule has 0 aliphatic rings. The van der Waals surface area contributed by atoms with Crippen LogP contribution in [0.3, 0.4) is 0 Å². The lowest BCUT2D eigenvalue weighted by Gasteiger charge is -1.97. The third-order valence-corrected chi connectivity index (χ3v) is 2.14. The lowest BCUT2D eigenvalue weighted by molar-refractivity contribution is 0.0663. The summed E-state index contributed by atoms with van der Waals surface area (Å²) in [6.07, 6.45) is 1.42. The Bertz CT molecular complexity index is 306. The molecule has 0 aromatic heterocycles. The minimum atomic E-state index is -0.321. The van der Waals surface area contributed by atoms with Gasteiger partial charge < -0.3 is 4.74 Å². The van der Waals surface area contributed by atoms with Gasteiger partial charge in [-0.1, -0.05) is 25.1 Å². The van der Waals surface area contributed by atoms with Crippen LogP contribution < -0.4 is 0 Å². The van der Waals surface area contributed by atoms with E-state index < -0.39 is 0 Å². The van der Waals surface area contributed by atoms with E-state index in [1.807, 2.05) is 13.0 Å². The third kappa shape index (κ3) is 3.66. The highest BCUT2D eigenvalue weighted by Gasteiger charge is 2.02. The Morgan fingerprint density at radius 3 is 2.79 bits per heavy atom. The molecule has 0 fully saturated rings. The first kappa shape index (κ1) is 10.9. The van der Waals surface area contributed by atoms with E-state index in [1.54, 1.807) is 41.4 Å². The summed E-state index contributed by atoms with van der Waals surface area (Å²) in [5, 5.41) is 1.76. The molecule has 0 atom stereocenters. The van der Waals surface area contributed by atoms with Gasteiger partial charge in [0.05, 0.1) is 5.56 Å². The summed E-state index contributed by atoms with van der Waals surface area (Å²) in [5.41, 5.74) is 0.568. The van der Waals surface area contributed by atoms with Crippen LogP contribution in [-0.2, 0) is 4.74 Å². The highest BCUT2D eigenvalue weighted by atomic mass is 32.2. The van der Waals surface area contributed by atoms with Crippen molar-refractivity contribution in [2.75, 3.05) is 5.75 Å². The van der Waals surface area contributed by atoms with Crippen molar-refractivity contribution in [3.63, 3.8) is 0 Å². The molecule has 0 unspecified atom stereocenters. The van der Waals surface area contributed by atoms with Crippen molar-refractivity contribution in [2.45, 2.75) is 6.92 Å². The molecule has 0 radical (unpaired) electrons. The Balaban J connectivity index is 2.44. The SMILES string of the molecule is CCSC=COC(=O)c1ccccc1. The van der Waals surface area contributed by atoms with Crippen molar-refractivity contribution in [2.24, 2.45) is 0 Å². The first-order valence-corrected chi connectivity index (χ1v) is 5.42. The quantitative estimate of drug-likeness (QED) is 0.562. The standard InChI is InChI=1S/C11H12O2S/c1-2-14-9-8-13-11(12)10-6-4-3-5-7-10/h3-9H,2H2,1H3. The highest BCUT2D eigenvalue weighted by molar-refractivity contribution is 8.02. The Hall–Kier alpha value is -1.22. The maximum Gasteiger partial charge on any atom is 0.342 e. The van der Waals surface area contributed by atoms with Crippen LogP contribution >= 0.6 is 11.8 Å². The summed E-state index contributed by atoms with van der Waals surface area (Å²) in [6, 6.07) is 8.92. The number of ether oxygens (including phenoxy) is 1. The fourth-order valence-corrected chi connectivity index (χ4v) is 1.19. The molecule has 0 spiro atoms. The van der Waals surface area contributed by atoms with E-state index in [0.717, 1.165) is 5.75 Å². The zero-order valence-electron chi connectivity index (χ0n) is 7.97. The molecule has 2 nitrogen and oxygen atoms in total. The van der Waals surface area contributed by atoms with Crippen LogP contribution in [0.25, 0.3) is 0 Å². The van der Waals surface area contributed by atoms with Crippen LogP contribution in [0.4, 0.5) is 0 Å². The minimum Gasteiger partial charge on any atom is -0.430 e. The molecule has 0 heterocycles. The Morgan fingerprint density at radius 1 is 1.43 bits per heavy atom. The molecular weight excluding hydrogens is 196 g/mol. The number of thioether (sulfide) groups is 1. The third-order valence-electron chi connectivity index (χ3n) is 1.50. The second-order valence-corrected chi connectivity index (χ2v) is 3.68. The molecule has 1 aromatic rings. The topological polar surface area (TPSA) is 26.3 Å². The van der Waals surface area contributed by atoms with Crippen molar-refractivity contribution in [1.82, 2.24) is 0 Å². The van der Waals surface area contributed by atoms with Gasteiger partial charge in [-0.15, -0.1) is 11.8 Å². The average Bonchev–Trinajstić information content (AvgIpc) is 2.25. The smallest absolute Gasteiger partial charge is 0.342 e. The van der Waals surface area contributed by atoms with Gasteiger partial charge in [-0.05, 0) is 17.9 Å². The van der Waals surface area contributed by atoms with E-state index in [-0.39, 0.29) is 5.97 Å². The van der Waals surface area contributed by atoms with Crippen LogP contribution in [0, 0.1) is 0 Å². The van der Waals surface area contributed by atoms with Crippen LogP contribution in [0.2, 0.25) is 0 Å². The van der Waals surface area contributed by atoms with Crippen molar-refractivity contribution in [3.05, 3.63) is 47.6 Å². The minimum absolute atomic E-state index is 0.321. The first-order valence-electron chi connectivity index (χ1n) is 4.37. The lowest BCUT2D eigenvalue weighted by Crippen LogP contribution is -1.99. The molecule has 0 aliphatic heterocycles. The molecule has 0 amide bonds. The van der Waals surface area contributed by atoms with Gasteiger partial charge in [-0.25, -0.2) is 4.79 Å². The van der Waals surface area contributed by atoms with Crippen LogP contribution in [0.1, 0.15) is 17.3 Å². The van der Waals surface area contributed by atoms with Gasteiger partial charge in [0.1, 0.15) is 6.26 Å². The molecule has 74 valence electrons. The molecule has 0 bridgehead atoms. The molecule has 0 saturated heterocycles. The summed E-state index contributed by atoms with van der Waals surface area (Å²) in [7, 11) is 0. The number of hydrogen-bond donors (Lipinski definition) is 0. The fourth-order valence-electron chi connectivity index (χ4n) is 0.867. The van der Waals surface area contributed by atoms with Crippen LogP contribution in [0.15, 0.2) is 42.0 Å². The van der Waals surface area contributed by atoms with Crippen molar-refractivity contribution in [3.8, 4) is 0 Å². The number of hydrogen-bond acceptors (Lipinski definition) is 3. The predicted molar refractivity (Wildman–Crippen MR) is 59.1 cm³/mol. The van der Waals surface area contributed by atoms with Gasteiger partial charge in [0.15, 0.2) is 0 Å². The monoisotopic (exact) mass is 208 g/mol. The normalized spacial score (nSPS) is 10.4. The molecule has 1 aromatic carbocycles. The largest absolute Gasteiger partial charge is 0.430 e. The summed E-state index contributed by atoms with van der Waals surface area (Å²) >= 11 is 1.59. The van der Waals surface area contributed by atoms with Gasteiger partial charge in [0.25, 0.3) is 0 Å². The second-order valence-electron chi connectivity index (χ2n) is 2.50. The zero-order valence-corrected chi connectivity index (χ0v) is 8.79. The molecule has 0 aliphatic carbocycles.